The van der Waals surface area contributed by atoms with Crippen molar-refractivity contribution in [2.45, 2.75) is 26.4 Å². The van der Waals surface area contributed by atoms with E-state index in [9.17, 15) is 0 Å². The maximum Gasteiger partial charge on any atom is 0.0718 e. The van der Waals surface area contributed by atoms with Crippen LogP contribution in [0.2, 0.25) is 0 Å². The lowest BCUT2D eigenvalue weighted by atomic mass is 10.1. The van der Waals surface area contributed by atoms with E-state index in [1.807, 2.05) is 0 Å². The van der Waals surface area contributed by atoms with Crippen LogP contribution in [0.15, 0.2) is 24.3 Å². The smallest absolute Gasteiger partial charge is 0.0718 e. The molecule has 0 bridgehead atoms. The number of benzene rings is 1. The fourth-order valence-electron chi connectivity index (χ4n) is 1.67. The van der Waals surface area contributed by atoms with Gasteiger partial charge in [-0.3, -0.25) is 0 Å². The van der Waals surface area contributed by atoms with Crippen LogP contribution < -0.4 is 5.32 Å². The molecule has 0 aliphatic carbocycles. The van der Waals surface area contributed by atoms with Gasteiger partial charge in [-0.15, -0.1) is 0 Å². The first-order chi connectivity index (χ1) is 8.86. The van der Waals surface area contributed by atoms with Crippen molar-refractivity contribution in [1.29, 1.82) is 0 Å². The second-order valence-corrected chi connectivity index (χ2v) is 4.36. The average Bonchev–Trinajstić information content (AvgIpc) is 2.41. The molecule has 0 aliphatic heterocycles. The Morgan fingerprint density at radius 1 is 1.00 bits per heavy atom. The van der Waals surface area contributed by atoms with Crippen molar-refractivity contribution >= 4 is 0 Å². The highest BCUT2D eigenvalue weighted by atomic mass is 16.5. The van der Waals surface area contributed by atoms with E-state index in [0.29, 0.717) is 19.8 Å². The Hall–Kier alpha value is -0.900. The zero-order valence-electron chi connectivity index (χ0n) is 11.6. The van der Waals surface area contributed by atoms with Gasteiger partial charge in [-0.1, -0.05) is 31.2 Å². The Morgan fingerprint density at radius 3 is 2.39 bits per heavy atom. The van der Waals surface area contributed by atoms with Crippen molar-refractivity contribution in [2.24, 2.45) is 0 Å². The zero-order chi connectivity index (χ0) is 13.1. The van der Waals surface area contributed by atoms with Crippen molar-refractivity contribution in [2.75, 3.05) is 33.4 Å². The molecule has 0 aliphatic rings. The molecule has 0 spiro atoms. The lowest BCUT2D eigenvalue weighted by molar-refractivity contribution is 0.0616. The maximum atomic E-state index is 5.48. The lowest BCUT2D eigenvalue weighted by Gasteiger charge is -2.06. The molecule has 3 nitrogen and oxygen atoms in total. The fraction of sp³-hybridized carbons (Fsp3) is 0.600. The summed E-state index contributed by atoms with van der Waals surface area (Å²) in [5, 5.41) is 3.41. The first kappa shape index (κ1) is 15.2. The van der Waals surface area contributed by atoms with Gasteiger partial charge in [-0.25, -0.2) is 0 Å². The van der Waals surface area contributed by atoms with E-state index in [2.05, 4.69) is 36.5 Å². The van der Waals surface area contributed by atoms with E-state index >= 15 is 0 Å². The highest BCUT2D eigenvalue weighted by Gasteiger charge is 1.96. The first-order valence-electron chi connectivity index (χ1n) is 6.72. The van der Waals surface area contributed by atoms with E-state index in [-0.39, 0.29) is 0 Å². The third kappa shape index (κ3) is 6.74. The molecule has 0 heterocycles. The molecular formula is C15H25NO2. The molecule has 0 radical (unpaired) electrons. The van der Waals surface area contributed by atoms with E-state index in [0.717, 1.165) is 19.5 Å². The van der Waals surface area contributed by atoms with Gasteiger partial charge in [0, 0.05) is 7.11 Å². The first-order valence-corrected chi connectivity index (χ1v) is 6.72. The van der Waals surface area contributed by atoms with Crippen LogP contribution >= 0.6 is 0 Å². The fourth-order valence-corrected chi connectivity index (χ4v) is 1.67. The largest absolute Gasteiger partial charge is 0.382 e. The topological polar surface area (TPSA) is 30.5 Å². The zero-order valence-corrected chi connectivity index (χ0v) is 11.6. The molecule has 0 aromatic heterocycles. The summed E-state index contributed by atoms with van der Waals surface area (Å²) in [7, 11) is 1.69. The molecule has 0 unspecified atom stereocenters. The van der Waals surface area contributed by atoms with Gasteiger partial charge < -0.3 is 14.8 Å². The van der Waals surface area contributed by atoms with Crippen LogP contribution in [0.1, 0.15) is 24.5 Å². The quantitative estimate of drug-likeness (QED) is 0.648. The summed E-state index contributed by atoms with van der Waals surface area (Å²) in [6.07, 6.45) is 2.28. The number of hydrogen-bond acceptors (Lipinski definition) is 3. The van der Waals surface area contributed by atoms with Gasteiger partial charge in [-0.05, 0) is 37.1 Å². The summed E-state index contributed by atoms with van der Waals surface area (Å²) in [6.45, 7) is 6.31. The SMILES string of the molecule is CCCNCCc1ccc(COCCOC)cc1. The highest BCUT2D eigenvalue weighted by molar-refractivity contribution is 5.22. The van der Waals surface area contributed by atoms with Crippen LogP contribution in [-0.4, -0.2) is 33.4 Å². The van der Waals surface area contributed by atoms with Gasteiger partial charge in [0.05, 0.1) is 19.8 Å². The number of hydrogen-bond donors (Lipinski definition) is 1. The molecular weight excluding hydrogens is 226 g/mol. The molecule has 1 aromatic rings. The van der Waals surface area contributed by atoms with Crippen LogP contribution in [0.4, 0.5) is 0 Å². The number of ether oxygens (including phenoxy) is 2. The Labute approximate surface area is 110 Å². The third-order valence-electron chi connectivity index (χ3n) is 2.74. The maximum absolute atomic E-state index is 5.48. The predicted molar refractivity (Wildman–Crippen MR) is 74.8 cm³/mol. The van der Waals surface area contributed by atoms with Crippen molar-refractivity contribution in [3.63, 3.8) is 0 Å². The van der Waals surface area contributed by atoms with Gasteiger partial charge in [0.15, 0.2) is 0 Å². The molecule has 1 aromatic carbocycles. The minimum absolute atomic E-state index is 0.652. The van der Waals surface area contributed by atoms with E-state index in [1.54, 1.807) is 7.11 Å². The summed E-state index contributed by atoms with van der Waals surface area (Å²) in [5.41, 5.74) is 2.59. The van der Waals surface area contributed by atoms with Crippen LogP contribution in [0, 0.1) is 0 Å². The van der Waals surface area contributed by atoms with Gasteiger partial charge in [0.2, 0.25) is 0 Å². The molecule has 18 heavy (non-hydrogen) atoms. The molecule has 1 rings (SSSR count). The predicted octanol–water partition coefficient (Wildman–Crippen LogP) is 2.39. The second kappa shape index (κ2) is 10.1. The molecule has 3 heteroatoms. The molecule has 102 valence electrons. The lowest BCUT2D eigenvalue weighted by Crippen LogP contribution is -2.17. The van der Waals surface area contributed by atoms with Crippen molar-refractivity contribution < 1.29 is 9.47 Å². The average molecular weight is 251 g/mol. The molecule has 0 atom stereocenters. The summed E-state index contributed by atoms with van der Waals surface area (Å²) in [4.78, 5) is 0. The van der Waals surface area contributed by atoms with Crippen LogP contribution in [-0.2, 0) is 22.5 Å². The van der Waals surface area contributed by atoms with Crippen LogP contribution in [0.3, 0.4) is 0 Å². The van der Waals surface area contributed by atoms with Crippen molar-refractivity contribution in [3.05, 3.63) is 35.4 Å². The third-order valence-corrected chi connectivity index (χ3v) is 2.74. The standard InChI is InChI=1S/C15H25NO2/c1-3-9-16-10-8-14-4-6-15(7-5-14)13-18-12-11-17-2/h4-7,16H,3,8-13H2,1-2H3. The Kier molecular flexibility index (Phi) is 8.47. The minimum Gasteiger partial charge on any atom is -0.382 e. The number of rotatable bonds is 10. The van der Waals surface area contributed by atoms with Gasteiger partial charge >= 0.3 is 0 Å². The van der Waals surface area contributed by atoms with E-state index in [1.165, 1.54) is 17.5 Å². The monoisotopic (exact) mass is 251 g/mol. The second-order valence-electron chi connectivity index (χ2n) is 4.36. The summed E-state index contributed by atoms with van der Waals surface area (Å²) in [6, 6.07) is 8.65. The summed E-state index contributed by atoms with van der Waals surface area (Å²) in [5.74, 6) is 0. The molecule has 0 amide bonds. The Bertz CT molecular complexity index is 267. The Morgan fingerprint density at radius 2 is 1.72 bits per heavy atom. The molecule has 0 saturated carbocycles. The van der Waals surface area contributed by atoms with Gasteiger partial charge in [0.1, 0.15) is 0 Å². The number of methoxy groups -OCH3 is 1. The number of nitrogens with one attached hydrogen (secondary N) is 1. The summed E-state index contributed by atoms with van der Waals surface area (Å²) >= 11 is 0. The van der Waals surface area contributed by atoms with Gasteiger partial charge in [-0.2, -0.15) is 0 Å². The van der Waals surface area contributed by atoms with Crippen LogP contribution in [0.25, 0.3) is 0 Å². The normalized spacial score (nSPS) is 10.8. The molecule has 1 N–H and O–H groups in total. The van der Waals surface area contributed by atoms with Crippen molar-refractivity contribution in [1.82, 2.24) is 5.32 Å². The minimum atomic E-state index is 0.652. The summed E-state index contributed by atoms with van der Waals surface area (Å²) < 4.78 is 10.4. The van der Waals surface area contributed by atoms with E-state index in [4.69, 9.17) is 9.47 Å². The van der Waals surface area contributed by atoms with Crippen LogP contribution in [0.5, 0.6) is 0 Å². The molecule has 0 saturated heterocycles. The Balaban J connectivity index is 2.20. The highest BCUT2D eigenvalue weighted by Crippen LogP contribution is 2.06. The van der Waals surface area contributed by atoms with E-state index < -0.39 is 0 Å². The van der Waals surface area contributed by atoms with Crippen molar-refractivity contribution in [3.8, 4) is 0 Å². The molecule has 0 fully saturated rings. The van der Waals surface area contributed by atoms with Gasteiger partial charge in [0.25, 0.3) is 0 Å².